The number of nitrogens with one attached hydrogen (secondary N) is 3. The van der Waals surface area contributed by atoms with E-state index in [0.717, 1.165) is 67.1 Å². The molecule has 0 atom stereocenters. The minimum absolute atomic E-state index is 0.692. The van der Waals surface area contributed by atoms with Gasteiger partial charge >= 0.3 is 0 Å². The standard InChI is InChI=1S/C31H29ClN6S/c1-18-13-20(17-33-16-19-5-2-3-6-19)15-21(14-18)23-9-10-25-29(34-23)30(38-37-25)31-35-24-8-4-7-22(28(24)36-31)26-11-12-27(32)39-26/h4,7-15,19,33H,2-3,5-6,16-17H2,1H3,(H,35,36)(H,37,38). The van der Waals surface area contributed by atoms with Crippen LogP contribution in [-0.4, -0.2) is 31.7 Å². The molecule has 2 aromatic carbocycles. The van der Waals surface area contributed by atoms with Crippen LogP contribution in [0.1, 0.15) is 36.8 Å². The van der Waals surface area contributed by atoms with Crippen molar-refractivity contribution >= 4 is 45.0 Å². The zero-order valence-corrected chi connectivity index (χ0v) is 23.3. The number of benzene rings is 2. The first-order valence-electron chi connectivity index (χ1n) is 13.5. The molecule has 4 heterocycles. The van der Waals surface area contributed by atoms with Crippen LogP contribution in [0.5, 0.6) is 0 Å². The molecule has 196 valence electrons. The number of rotatable bonds is 7. The summed E-state index contributed by atoms with van der Waals surface area (Å²) >= 11 is 7.76. The number of aryl methyl sites for hydroxylation is 1. The monoisotopic (exact) mass is 552 g/mol. The van der Waals surface area contributed by atoms with Crippen LogP contribution in [0.15, 0.2) is 60.7 Å². The first-order valence-corrected chi connectivity index (χ1v) is 14.7. The quantitative estimate of drug-likeness (QED) is 0.187. The number of hydrogen-bond donors (Lipinski definition) is 3. The molecule has 7 rings (SSSR count). The van der Waals surface area contributed by atoms with Crippen LogP contribution in [0, 0.1) is 12.8 Å². The van der Waals surface area contributed by atoms with Crippen LogP contribution in [0.4, 0.5) is 0 Å². The zero-order chi connectivity index (χ0) is 26.3. The van der Waals surface area contributed by atoms with E-state index in [-0.39, 0.29) is 0 Å². The van der Waals surface area contributed by atoms with Crippen molar-refractivity contribution in [2.24, 2.45) is 5.92 Å². The van der Waals surface area contributed by atoms with Gasteiger partial charge in [-0.15, -0.1) is 11.3 Å². The molecule has 4 aromatic heterocycles. The van der Waals surface area contributed by atoms with E-state index < -0.39 is 0 Å². The van der Waals surface area contributed by atoms with Gasteiger partial charge in [0.1, 0.15) is 5.52 Å². The fraction of sp³-hybridized carbons (Fsp3) is 0.258. The maximum atomic E-state index is 6.21. The van der Waals surface area contributed by atoms with Crippen molar-refractivity contribution in [1.29, 1.82) is 0 Å². The number of thiophene rings is 1. The van der Waals surface area contributed by atoms with Crippen molar-refractivity contribution in [3.05, 3.63) is 76.1 Å². The summed E-state index contributed by atoms with van der Waals surface area (Å²) in [6.45, 7) is 4.13. The number of H-pyrrole nitrogens is 2. The van der Waals surface area contributed by atoms with Gasteiger partial charge in [-0.2, -0.15) is 5.10 Å². The number of aromatic amines is 2. The van der Waals surface area contributed by atoms with E-state index in [0.29, 0.717) is 11.5 Å². The fourth-order valence-electron chi connectivity index (χ4n) is 5.77. The van der Waals surface area contributed by atoms with E-state index in [1.807, 2.05) is 24.3 Å². The topological polar surface area (TPSA) is 82.3 Å². The predicted molar refractivity (Wildman–Crippen MR) is 161 cm³/mol. The highest BCUT2D eigenvalue weighted by Crippen LogP contribution is 2.36. The summed E-state index contributed by atoms with van der Waals surface area (Å²) in [6.07, 6.45) is 5.48. The summed E-state index contributed by atoms with van der Waals surface area (Å²) in [4.78, 5) is 14.6. The van der Waals surface area contributed by atoms with E-state index in [1.54, 1.807) is 11.3 Å². The lowest BCUT2D eigenvalue weighted by Crippen LogP contribution is -2.20. The highest BCUT2D eigenvalue weighted by atomic mass is 35.5. The summed E-state index contributed by atoms with van der Waals surface area (Å²) in [5.74, 6) is 1.52. The molecule has 0 bridgehead atoms. The molecular weight excluding hydrogens is 524 g/mol. The van der Waals surface area contributed by atoms with Gasteiger partial charge in [-0.25, -0.2) is 9.97 Å². The van der Waals surface area contributed by atoms with Crippen molar-refractivity contribution in [3.63, 3.8) is 0 Å². The van der Waals surface area contributed by atoms with E-state index >= 15 is 0 Å². The number of hydrogen-bond acceptors (Lipinski definition) is 5. The highest BCUT2D eigenvalue weighted by Gasteiger charge is 2.18. The molecule has 0 unspecified atom stereocenters. The average molecular weight is 553 g/mol. The molecule has 0 aliphatic heterocycles. The lowest BCUT2D eigenvalue weighted by Gasteiger charge is -2.12. The van der Waals surface area contributed by atoms with E-state index in [2.05, 4.69) is 63.8 Å². The Kier molecular flexibility index (Phi) is 6.43. The molecule has 6 aromatic rings. The molecule has 0 radical (unpaired) electrons. The molecular formula is C31H29ClN6S. The van der Waals surface area contributed by atoms with Crippen molar-refractivity contribution in [2.75, 3.05) is 6.54 Å². The van der Waals surface area contributed by atoms with Crippen LogP contribution in [0.3, 0.4) is 0 Å². The molecule has 3 N–H and O–H groups in total. The first kappa shape index (κ1) is 24.5. The molecule has 8 heteroatoms. The molecule has 1 fully saturated rings. The van der Waals surface area contributed by atoms with Gasteiger partial charge in [-0.3, -0.25) is 5.10 Å². The Morgan fingerprint density at radius 2 is 1.87 bits per heavy atom. The predicted octanol–water partition coefficient (Wildman–Crippen LogP) is 8.14. The van der Waals surface area contributed by atoms with Crippen LogP contribution < -0.4 is 5.32 Å². The molecule has 1 aliphatic carbocycles. The van der Waals surface area contributed by atoms with Gasteiger partial charge in [0.25, 0.3) is 0 Å². The van der Waals surface area contributed by atoms with Crippen molar-refractivity contribution in [3.8, 4) is 33.2 Å². The van der Waals surface area contributed by atoms with E-state index in [9.17, 15) is 0 Å². The third kappa shape index (κ3) is 4.86. The molecule has 1 aliphatic rings. The summed E-state index contributed by atoms with van der Waals surface area (Å²) < 4.78 is 0.761. The minimum Gasteiger partial charge on any atom is -0.336 e. The zero-order valence-electron chi connectivity index (χ0n) is 21.7. The number of pyridine rings is 1. The van der Waals surface area contributed by atoms with Gasteiger partial charge in [0, 0.05) is 22.5 Å². The highest BCUT2D eigenvalue weighted by molar-refractivity contribution is 7.19. The molecule has 6 nitrogen and oxygen atoms in total. The van der Waals surface area contributed by atoms with E-state index in [1.165, 1.54) is 36.8 Å². The summed E-state index contributed by atoms with van der Waals surface area (Å²) in [5.41, 5.74) is 9.85. The van der Waals surface area contributed by atoms with Crippen molar-refractivity contribution in [2.45, 2.75) is 39.2 Å². The summed E-state index contributed by atoms with van der Waals surface area (Å²) in [7, 11) is 0. The number of nitrogens with zero attached hydrogens (tertiary/aromatic N) is 3. The summed E-state index contributed by atoms with van der Waals surface area (Å²) in [6, 6.07) is 20.9. The second-order valence-corrected chi connectivity index (χ2v) is 12.3. The Morgan fingerprint density at radius 1 is 0.974 bits per heavy atom. The molecule has 0 spiro atoms. The minimum atomic E-state index is 0.692. The third-order valence-electron chi connectivity index (χ3n) is 7.65. The number of halogens is 1. The van der Waals surface area contributed by atoms with Crippen LogP contribution in [0.25, 0.3) is 55.3 Å². The Balaban J connectivity index is 1.22. The summed E-state index contributed by atoms with van der Waals surface area (Å²) in [5, 5.41) is 11.4. The smallest absolute Gasteiger partial charge is 0.161 e. The Morgan fingerprint density at radius 3 is 2.72 bits per heavy atom. The normalized spacial score (nSPS) is 14.2. The maximum absolute atomic E-state index is 6.21. The van der Waals surface area contributed by atoms with Gasteiger partial charge < -0.3 is 10.3 Å². The molecule has 1 saturated carbocycles. The number of fused-ring (bicyclic) bond motifs is 2. The molecule has 0 saturated heterocycles. The molecule has 0 amide bonds. The fourth-order valence-corrected chi connectivity index (χ4v) is 6.84. The maximum Gasteiger partial charge on any atom is 0.161 e. The van der Waals surface area contributed by atoms with Crippen LogP contribution in [0.2, 0.25) is 4.34 Å². The number of imidazole rings is 1. The van der Waals surface area contributed by atoms with Crippen LogP contribution in [-0.2, 0) is 6.54 Å². The largest absolute Gasteiger partial charge is 0.336 e. The lowest BCUT2D eigenvalue weighted by atomic mass is 10.0. The number of aromatic nitrogens is 5. The first-order chi connectivity index (χ1) is 19.1. The van der Waals surface area contributed by atoms with Crippen molar-refractivity contribution in [1.82, 2.24) is 30.5 Å². The van der Waals surface area contributed by atoms with Gasteiger partial charge in [-0.05, 0) is 80.3 Å². The second kappa shape index (κ2) is 10.2. The van der Waals surface area contributed by atoms with Crippen LogP contribution >= 0.6 is 22.9 Å². The van der Waals surface area contributed by atoms with Gasteiger partial charge in [0.15, 0.2) is 11.5 Å². The lowest BCUT2D eigenvalue weighted by molar-refractivity contribution is 0.489. The average Bonchev–Trinajstić information content (AvgIpc) is 3.74. The Hall–Kier alpha value is -3.52. The molecule has 39 heavy (non-hydrogen) atoms. The Labute approximate surface area is 235 Å². The van der Waals surface area contributed by atoms with Gasteiger partial charge in [-0.1, -0.05) is 48.2 Å². The SMILES string of the molecule is Cc1cc(CNCC2CCCC2)cc(-c2ccc3[nH]nc(-c4nc5c(-c6ccc(Cl)s6)cccc5[nH]4)c3n2)c1. The van der Waals surface area contributed by atoms with Gasteiger partial charge in [0.05, 0.1) is 26.6 Å². The Bertz CT molecular complexity index is 1790. The van der Waals surface area contributed by atoms with Gasteiger partial charge in [0.2, 0.25) is 0 Å². The number of para-hydroxylation sites is 1. The third-order valence-corrected chi connectivity index (χ3v) is 8.92. The van der Waals surface area contributed by atoms with E-state index in [4.69, 9.17) is 21.6 Å². The van der Waals surface area contributed by atoms with Crippen molar-refractivity contribution < 1.29 is 0 Å². The second-order valence-electron chi connectivity index (χ2n) is 10.5.